The lowest BCUT2D eigenvalue weighted by atomic mass is 10.0. The van der Waals surface area contributed by atoms with Crippen molar-refractivity contribution in [2.24, 2.45) is 0 Å². The van der Waals surface area contributed by atoms with Gasteiger partial charge in [-0.3, -0.25) is 0 Å². The fourth-order valence-corrected chi connectivity index (χ4v) is 3.75. The van der Waals surface area contributed by atoms with Crippen molar-refractivity contribution in [1.82, 2.24) is 9.62 Å². The molecule has 6 nitrogen and oxygen atoms in total. The summed E-state index contributed by atoms with van der Waals surface area (Å²) in [6.07, 6.45) is 2.05. The summed E-state index contributed by atoms with van der Waals surface area (Å²) in [4.78, 5) is 13.9. The standard InChI is InChI=1S/C17H25FN2O4S/c1-17(2,3)24-16(21)20-11-5-4-6-14(20)12-19-25(22,23)15-9-7-13(18)8-10-15/h7-10,14,19H,4-6,11-12H2,1-3H3. The third kappa shape index (κ3) is 5.67. The Hall–Kier alpha value is -1.67. The molecule has 1 aromatic rings. The minimum atomic E-state index is -3.76. The number of halogens is 1. The van der Waals surface area contributed by atoms with Crippen molar-refractivity contribution in [1.29, 1.82) is 0 Å². The first-order chi connectivity index (χ1) is 11.6. The van der Waals surface area contributed by atoms with Crippen LogP contribution in [-0.2, 0) is 14.8 Å². The summed E-state index contributed by atoms with van der Waals surface area (Å²) in [5.74, 6) is -0.498. The van der Waals surface area contributed by atoms with Gasteiger partial charge in [-0.1, -0.05) is 0 Å². The van der Waals surface area contributed by atoms with Gasteiger partial charge in [0.2, 0.25) is 10.0 Å². The van der Waals surface area contributed by atoms with E-state index in [2.05, 4.69) is 4.72 Å². The number of nitrogens with one attached hydrogen (secondary N) is 1. The second-order valence-corrected chi connectivity index (χ2v) is 8.90. The minimum Gasteiger partial charge on any atom is -0.444 e. The van der Waals surface area contributed by atoms with Crippen LogP contribution in [-0.4, -0.2) is 44.1 Å². The number of hydrogen-bond donors (Lipinski definition) is 1. The van der Waals surface area contributed by atoms with Crippen molar-refractivity contribution in [2.45, 2.75) is 56.6 Å². The molecule has 1 aliphatic rings. The number of sulfonamides is 1. The second-order valence-electron chi connectivity index (χ2n) is 7.13. The largest absolute Gasteiger partial charge is 0.444 e. The van der Waals surface area contributed by atoms with E-state index in [0.29, 0.717) is 13.0 Å². The molecule has 1 fully saturated rings. The smallest absolute Gasteiger partial charge is 0.410 e. The molecule has 0 spiro atoms. The van der Waals surface area contributed by atoms with Crippen LogP contribution in [0.1, 0.15) is 40.0 Å². The number of benzene rings is 1. The summed E-state index contributed by atoms with van der Waals surface area (Å²) in [6, 6.07) is 4.36. The molecule has 2 rings (SSSR count). The Balaban J connectivity index is 2.03. The summed E-state index contributed by atoms with van der Waals surface area (Å²) >= 11 is 0. The van der Waals surface area contributed by atoms with Crippen LogP contribution in [0.25, 0.3) is 0 Å². The molecule has 0 saturated carbocycles. The first-order valence-corrected chi connectivity index (χ1v) is 9.82. The Bertz CT molecular complexity index is 698. The third-order valence-corrected chi connectivity index (χ3v) is 5.33. The summed E-state index contributed by atoms with van der Waals surface area (Å²) < 4.78 is 45.5. The summed E-state index contributed by atoms with van der Waals surface area (Å²) in [7, 11) is -3.76. The molecule has 0 bridgehead atoms. The van der Waals surface area contributed by atoms with Gasteiger partial charge in [-0.2, -0.15) is 0 Å². The van der Waals surface area contributed by atoms with Gasteiger partial charge >= 0.3 is 6.09 Å². The summed E-state index contributed by atoms with van der Waals surface area (Å²) in [6.45, 7) is 6.01. The van der Waals surface area contributed by atoms with Gasteiger partial charge in [-0.25, -0.2) is 22.3 Å². The molecule has 1 atom stereocenters. The van der Waals surface area contributed by atoms with Crippen LogP contribution >= 0.6 is 0 Å². The molecule has 140 valence electrons. The molecule has 1 saturated heterocycles. The fourth-order valence-electron chi connectivity index (χ4n) is 2.68. The molecule has 1 N–H and O–H groups in total. The number of likely N-dealkylation sites (tertiary alicyclic amines) is 1. The minimum absolute atomic E-state index is 0.00599. The van der Waals surface area contributed by atoms with Gasteiger partial charge in [-0.15, -0.1) is 0 Å². The van der Waals surface area contributed by atoms with E-state index in [1.54, 1.807) is 25.7 Å². The Kier molecular flexibility index (Phi) is 6.05. The topological polar surface area (TPSA) is 75.7 Å². The van der Waals surface area contributed by atoms with E-state index in [4.69, 9.17) is 4.74 Å². The average Bonchev–Trinajstić information content (AvgIpc) is 2.52. The van der Waals surface area contributed by atoms with Crippen LogP contribution in [0.5, 0.6) is 0 Å². The molecular formula is C17H25FN2O4S. The van der Waals surface area contributed by atoms with Gasteiger partial charge in [0, 0.05) is 19.1 Å². The molecule has 1 amide bonds. The number of ether oxygens (including phenoxy) is 1. The quantitative estimate of drug-likeness (QED) is 0.882. The second kappa shape index (κ2) is 7.70. The van der Waals surface area contributed by atoms with Crippen LogP contribution in [0.3, 0.4) is 0 Å². The van der Waals surface area contributed by atoms with Gasteiger partial charge in [0.25, 0.3) is 0 Å². The Morgan fingerprint density at radius 2 is 1.92 bits per heavy atom. The molecule has 0 aromatic heterocycles. The van der Waals surface area contributed by atoms with Gasteiger partial charge in [0.1, 0.15) is 11.4 Å². The highest BCUT2D eigenvalue weighted by atomic mass is 32.2. The van der Waals surface area contributed by atoms with Crippen molar-refractivity contribution in [2.75, 3.05) is 13.1 Å². The molecule has 1 heterocycles. The normalized spacial score (nSPS) is 18.9. The van der Waals surface area contributed by atoms with Crippen molar-refractivity contribution in [3.05, 3.63) is 30.1 Å². The molecule has 25 heavy (non-hydrogen) atoms. The van der Waals surface area contributed by atoms with Crippen LogP contribution in [0, 0.1) is 5.82 Å². The highest BCUT2D eigenvalue weighted by molar-refractivity contribution is 7.89. The Morgan fingerprint density at radius 1 is 1.28 bits per heavy atom. The Morgan fingerprint density at radius 3 is 2.52 bits per heavy atom. The van der Waals surface area contributed by atoms with E-state index in [-0.39, 0.29) is 17.5 Å². The van der Waals surface area contributed by atoms with Crippen LogP contribution in [0.15, 0.2) is 29.2 Å². The number of piperidine rings is 1. The van der Waals surface area contributed by atoms with Gasteiger partial charge in [0.05, 0.1) is 4.90 Å². The highest BCUT2D eigenvalue weighted by Crippen LogP contribution is 2.20. The van der Waals surface area contributed by atoms with E-state index in [1.807, 2.05) is 0 Å². The zero-order valence-corrected chi connectivity index (χ0v) is 15.6. The van der Waals surface area contributed by atoms with Crippen molar-refractivity contribution in [3.8, 4) is 0 Å². The maximum Gasteiger partial charge on any atom is 0.410 e. The molecule has 0 radical (unpaired) electrons. The first-order valence-electron chi connectivity index (χ1n) is 8.33. The van der Waals surface area contributed by atoms with Crippen LogP contribution < -0.4 is 4.72 Å². The van der Waals surface area contributed by atoms with Crippen molar-refractivity contribution < 1.29 is 22.3 Å². The van der Waals surface area contributed by atoms with Crippen molar-refractivity contribution in [3.63, 3.8) is 0 Å². The van der Waals surface area contributed by atoms with Gasteiger partial charge < -0.3 is 9.64 Å². The van der Waals surface area contributed by atoms with Gasteiger partial charge in [-0.05, 0) is 64.3 Å². The maximum atomic E-state index is 13.0. The van der Waals surface area contributed by atoms with Crippen molar-refractivity contribution >= 4 is 16.1 Å². The molecular weight excluding hydrogens is 347 g/mol. The van der Waals surface area contributed by atoms with E-state index >= 15 is 0 Å². The lowest BCUT2D eigenvalue weighted by molar-refractivity contribution is 0.0105. The molecule has 1 aromatic carbocycles. The third-order valence-electron chi connectivity index (χ3n) is 3.89. The fraction of sp³-hybridized carbons (Fsp3) is 0.588. The number of carbonyl (C=O) groups excluding carboxylic acids is 1. The van der Waals surface area contributed by atoms with E-state index in [9.17, 15) is 17.6 Å². The highest BCUT2D eigenvalue weighted by Gasteiger charge is 2.31. The number of carbonyl (C=O) groups is 1. The predicted octanol–water partition coefficient (Wildman–Crippen LogP) is 2.89. The van der Waals surface area contributed by atoms with Gasteiger partial charge in [0.15, 0.2) is 0 Å². The van der Waals surface area contributed by atoms with E-state index < -0.39 is 27.5 Å². The molecule has 1 unspecified atom stereocenters. The Labute approximate surface area is 148 Å². The van der Waals surface area contributed by atoms with E-state index in [0.717, 1.165) is 25.0 Å². The predicted molar refractivity (Wildman–Crippen MR) is 92.2 cm³/mol. The summed E-state index contributed by atoms with van der Waals surface area (Å²) in [5, 5.41) is 0. The SMILES string of the molecule is CC(C)(C)OC(=O)N1CCCCC1CNS(=O)(=O)c1ccc(F)cc1. The van der Waals surface area contributed by atoms with E-state index in [1.165, 1.54) is 12.1 Å². The first kappa shape index (κ1) is 19.7. The number of hydrogen-bond acceptors (Lipinski definition) is 4. The monoisotopic (exact) mass is 372 g/mol. The van der Waals surface area contributed by atoms with Crippen LogP contribution in [0.2, 0.25) is 0 Å². The molecule has 8 heteroatoms. The summed E-state index contributed by atoms with van der Waals surface area (Å²) in [5.41, 5.74) is -0.604. The van der Waals surface area contributed by atoms with Crippen LogP contribution in [0.4, 0.5) is 9.18 Å². The maximum absolute atomic E-state index is 13.0. The zero-order chi connectivity index (χ0) is 18.7. The number of nitrogens with zero attached hydrogens (tertiary/aromatic N) is 1. The zero-order valence-electron chi connectivity index (χ0n) is 14.8. The lowest BCUT2D eigenvalue weighted by Gasteiger charge is -2.36. The molecule has 1 aliphatic heterocycles. The number of rotatable bonds is 4. The number of amides is 1. The lowest BCUT2D eigenvalue weighted by Crippen LogP contribution is -2.50. The molecule has 0 aliphatic carbocycles. The average molecular weight is 372 g/mol.